The summed E-state index contributed by atoms with van der Waals surface area (Å²) >= 11 is 5.96. The standard InChI is InChI=1S/C13H14ClNO3/c1-3-6-15-13(17)8-18-12-5-4-10(9(2)16)7-11(12)14/h1,4-5,7,9,16H,6,8H2,2H3,(H,15,17)/t9-/m1/s1. The second kappa shape index (κ2) is 6.90. The number of benzene rings is 1. The van der Waals surface area contributed by atoms with Crippen molar-refractivity contribution in [2.75, 3.05) is 13.2 Å². The molecule has 0 saturated heterocycles. The van der Waals surface area contributed by atoms with Crippen molar-refractivity contribution in [2.24, 2.45) is 0 Å². The maximum Gasteiger partial charge on any atom is 0.258 e. The van der Waals surface area contributed by atoms with E-state index in [-0.39, 0.29) is 19.1 Å². The zero-order valence-corrected chi connectivity index (χ0v) is 10.7. The zero-order chi connectivity index (χ0) is 13.5. The van der Waals surface area contributed by atoms with Crippen LogP contribution >= 0.6 is 11.6 Å². The summed E-state index contributed by atoms with van der Waals surface area (Å²) in [5, 5.41) is 12.2. The Balaban J connectivity index is 2.58. The Bertz CT molecular complexity index is 466. The lowest BCUT2D eigenvalue weighted by Crippen LogP contribution is -2.29. The number of carbonyl (C=O) groups is 1. The number of aliphatic hydroxyl groups excluding tert-OH is 1. The van der Waals surface area contributed by atoms with Gasteiger partial charge >= 0.3 is 0 Å². The molecule has 0 aromatic heterocycles. The number of halogens is 1. The lowest BCUT2D eigenvalue weighted by molar-refractivity contribution is -0.122. The van der Waals surface area contributed by atoms with Crippen LogP contribution in [0.1, 0.15) is 18.6 Å². The van der Waals surface area contributed by atoms with E-state index in [4.69, 9.17) is 22.8 Å². The minimum Gasteiger partial charge on any atom is -0.482 e. The second-order valence-electron chi connectivity index (χ2n) is 3.64. The predicted octanol–water partition coefficient (Wildman–Crippen LogP) is 1.52. The number of amides is 1. The minimum absolute atomic E-state index is 0.157. The molecule has 0 fully saturated rings. The maximum absolute atomic E-state index is 11.2. The van der Waals surface area contributed by atoms with Crippen LogP contribution in [0.25, 0.3) is 0 Å². The number of hydrogen-bond donors (Lipinski definition) is 2. The van der Waals surface area contributed by atoms with Gasteiger partial charge in [-0.25, -0.2) is 0 Å². The van der Waals surface area contributed by atoms with E-state index in [1.807, 2.05) is 0 Å². The molecule has 1 aromatic carbocycles. The molecule has 1 aromatic rings. The molecule has 4 nitrogen and oxygen atoms in total. The first-order valence-electron chi connectivity index (χ1n) is 5.35. The van der Waals surface area contributed by atoms with Crippen LogP contribution in [-0.2, 0) is 4.79 Å². The van der Waals surface area contributed by atoms with Crippen LogP contribution in [0.15, 0.2) is 18.2 Å². The normalized spacial score (nSPS) is 11.4. The highest BCUT2D eigenvalue weighted by molar-refractivity contribution is 6.32. The van der Waals surface area contributed by atoms with Gasteiger partial charge in [-0.05, 0) is 24.6 Å². The third-order valence-corrected chi connectivity index (χ3v) is 2.48. The molecule has 0 bridgehead atoms. The van der Waals surface area contributed by atoms with Crippen LogP contribution < -0.4 is 10.1 Å². The molecule has 1 amide bonds. The summed E-state index contributed by atoms with van der Waals surface area (Å²) in [4.78, 5) is 11.2. The first kappa shape index (κ1) is 14.4. The van der Waals surface area contributed by atoms with Gasteiger partial charge in [0.1, 0.15) is 5.75 Å². The van der Waals surface area contributed by atoms with Crippen LogP contribution in [0.5, 0.6) is 5.75 Å². The molecule has 0 unspecified atom stereocenters. The predicted molar refractivity (Wildman–Crippen MR) is 69.4 cm³/mol. The maximum atomic E-state index is 11.2. The summed E-state index contributed by atoms with van der Waals surface area (Å²) in [6.07, 6.45) is 4.40. The van der Waals surface area contributed by atoms with E-state index in [9.17, 15) is 9.90 Å². The summed E-state index contributed by atoms with van der Waals surface area (Å²) in [5.41, 5.74) is 0.684. The van der Waals surface area contributed by atoms with Gasteiger partial charge in [0.15, 0.2) is 6.61 Å². The van der Waals surface area contributed by atoms with Gasteiger partial charge < -0.3 is 15.2 Å². The summed E-state index contributed by atoms with van der Waals surface area (Å²) in [5.74, 6) is 2.36. The van der Waals surface area contributed by atoms with Crippen molar-refractivity contribution in [3.05, 3.63) is 28.8 Å². The van der Waals surface area contributed by atoms with Gasteiger partial charge in [0.05, 0.1) is 17.7 Å². The zero-order valence-electron chi connectivity index (χ0n) is 9.94. The molecule has 96 valence electrons. The number of terminal acetylenes is 1. The highest BCUT2D eigenvalue weighted by Gasteiger charge is 2.08. The molecular weight excluding hydrogens is 254 g/mol. The molecule has 0 radical (unpaired) electrons. The van der Waals surface area contributed by atoms with E-state index >= 15 is 0 Å². The van der Waals surface area contributed by atoms with Crippen molar-refractivity contribution < 1.29 is 14.6 Å². The smallest absolute Gasteiger partial charge is 0.258 e. The Morgan fingerprint density at radius 3 is 2.94 bits per heavy atom. The van der Waals surface area contributed by atoms with Gasteiger partial charge in [-0.1, -0.05) is 23.6 Å². The van der Waals surface area contributed by atoms with E-state index in [0.717, 1.165) is 0 Å². The van der Waals surface area contributed by atoms with Crippen molar-refractivity contribution in [1.82, 2.24) is 5.32 Å². The highest BCUT2D eigenvalue weighted by atomic mass is 35.5. The highest BCUT2D eigenvalue weighted by Crippen LogP contribution is 2.27. The Hall–Kier alpha value is -1.70. The van der Waals surface area contributed by atoms with E-state index in [2.05, 4.69) is 11.2 Å². The Kier molecular flexibility index (Phi) is 5.50. The van der Waals surface area contributed by atoms with Gasteiger partial charge in [-0.3, -0.25) is 4.79 Å². The van der Waals surface area contributed by atoms with Crippen LogP contribution in [-0.4, -0.2) is 24.2 Å². The number of hydrogen-bond acceptors (Lipinski definition) is 3. The number of aliphatic hydroxyl groups is 1. The summed E-state index contributed by atoms with van der Waals surface area (Å²) in [6.45, 7) is 1.64. The summed E-state index contributed by atoms with van der Waals surface area (Å²) in [7, 11) is 0. The molecule has 1 atom stereocenters. The van der Waals surface area contributed by atoms with Crippen LogP contribution in [0.3, 0.4) is 0 Å². The third kappa shape index (κ3) is 4.28. The molecule has 5 heteroatoms. The molecule has 0 aliphatic rings. The van der Waals surface area contributed by atoms with E-state index < -0.39 is 6.10 Å². The largest absolute Gasteiger partial charge is 0.482 e. The summed E-state index contributed by atoms with van der Waals surface area (Å²) in [6, 6.07) is 4.89. The lowest BCUT2D eigenvalue weighted by atomic mass is 10.1. The molecule has 0 aliphatic heterocycles. The van der Waals surface area contributed by atoms with Crippen molar-refractivity contribution >= 4 is 17.5 Å². The van der Waals surface area contributed by atoms with Crippen molar-refractivity contribution in [3.63, 3.8) is 0 Å². The average Bonchev–Trinajstić information content (AvgIpc) is 2.34. The Labute approximate surface area is 111 Å². The number of rotatable bonds is 5. The number of carbonyl (C=O) groups excluding carboxylic acids is 1. The molecule has 0 heterocycles. The molecule has 1 rings (SSSR count). The molecule has 2 N–H and O–H groups in total. The SMILES string of the molecule is C#CCNC(=O)COc1ccc([C@@H](C)O)cc1Cl. The van der Waals surface area contributed by atoms with Crippen LogP contribution in [0, 0.1) is 12.3 Å². The molecule has 0 aliphatic carbocycles. The number of ether oxygens (including phenoxy) is 1. The van der Waals surface area contributed by atoms with Crippen LogP contribution in [0.4, 0.5) is 0 Å². The van der Waals surface area contributed by atoms with E-state index in [1.165, 1.54) is 0 Å². The Morgan fingerprint density at radius 1 is 1.67 bits per heavy atom. The topological polar surface area (TPSA) is 58.6 Å². The first-order valence-corrected chi connectivity index (χ1v) is 5.73. The molecule has 18 heavy (non-hydrogen) atoms. The van der Waals surface area contributed by atoms with Gasteiger partial charge in [0.25, 0.3) is 5.91 Å². The van der Waals surface area contributed by atoms with Gasteiger partial charge in [0, 0.05) is 0 Å². The van der Waals surface area contributed by atoms with Gasteiger partial charge in [-0.15, -0.1) is 6.42 Å². The fourth-order valence-electron chi connectivity index (χ4n) is 1.24. The molecule has 0 saturated carbocycles. The van der Waals surface area contributed by atoms with Gasteiger partial charge in [-0.2, -0.15) is 0 Å². The van der Waals surface area contributed by atoms with Gasteiger partial charge in [0.2, 0.25) is 0 Å². The van der Waals surface area contributed by atoms with Crippen molar-refractivity contribution in [3.8, 4) is 18.1 Å². The Morgan fingerprint density at radius 2 is 2.39 bits per heavy atom. The van der Waals surface area contributed by atoms with Crippen molar-refractivity contribution in [2.45, 2.75) is 13.0 Å². The van der Waals surface area contributed by atoms with Crippen molar-refractivity contribution in [1.29, 1.82) is 0 Å². The quantitative estimate of drug-likeness (QED) is 0.796. The fraction of sp³-hybridized carbons (Fsp3) is 0.308. The van der Waals surface area contributed by atoms with Crippen LogP contribution in [0.2, 0.25) is 5.02 Å². The second-order valence-corrected chi connectivity index (χ2v) is 4.04. The third-order valence-electron chi connectivity index (χ3n) is 2.18. The van der Waals surface area contributed by atoms with E-state index in [1.54, 1.807) is 25.1 Å². The van der Waals surface area contributed by atoms with E-state index in [0.29, 0.717) is 16.3 Å². The average molecular weight is 268 g/mol. The number of nitrogens with one attached hydrogen (secondary N) is 1. The lowest BCUT2D eigenvalue weighted by Gasteiger charge is -2.10. The molecule has 0 spiro atoms. The first-order chi connectivity index (χ1) is 8.54. The minimum atomic E-state index is -0.601. The molecular formula is C13H14ClNO3. The summed E-state index contributed by atoms with van der Waals surface area (Å²) < 4.78 is 5.24. The fourth-order valence-corrected chi connectivity index (χ4v) is 1.48. The monoisotopic (exact) mass is 267 g/mol.